The predicted molar refractivity (Wildman–Crippen MR) is 137 cm³/mol. The van der Waals surface area contributed by atoms with Gasteiger partial charge < -0.3 is 29.9 Å². The van der Waals surface area contributed by atoms with Gasteiger partial charge in [-0.25, -0.2) is 4.79 Å². The smallest absolute Gasteiger partial charge is 0.340 e. The van der Waals surface area contributed by atoms with Gasteiger partial charge in [0.25, 0.3) is 0 Å². The predicted octanol–water partition coefficient (Wildman–Crippen LogP) is 1.95. The third-order valence-corrected chi connectivity index (χ3v) is 10.3. The van der Waals surface area contributed by atoms with Gasteiger partial charge in [-0.1, -0.05) is 19.3 Å². The first kappa shape index (κ1) is 24.8. The number of piperazine rings is 1. The number of carbonyl (C=O) groups excluding carboxylic acids is 1. The molecule has 0 aromatic rings. The van der Waals surface area contributed by atoms with Gasteiger partial charge in [-0.3, -0.25) is 4.79 Å². The molecule has 2 N–H and O–H groups in total. The second-order valence-corrected chi connectivity index (χ2v) is 12.3. The summed E-state index contributed by atoms with van der Waals surface area (Å²) in [5, 5.41) is 13.7. The Morgan fingerprint density at radius 2 is 1.86 bits per heavy atom. The minimum atomic E-state index is -1.07. The van der Waals surface area contributed by atoms with Gasteiger partial charge in [-0.15, -0.1) is 0 Å². The molecule has 5 fully saturated rings. The molecule has 8 nitrogen and oxygen atoms in total. The molecule has 0 radical (unpaired) electrons. The molecule has 0 aromatic carbocycles. The number of nitrogens with one attached hydrogen (secondary N) is 1. The standard InChI is InChI=1S/C28H44N4O4/c1-30-13-15-31(16-14-30)12-4-11-29-22-9-8-20-25-27(22)36-23-10-7-18-5-2-3-6-19(18)24(23)32(25)17-21(26(20)33)28(34)35/h17-20,22-25,27,29H,2-16H2,1H3,(H,34,35). The van der Waals surface area contributed by atoms with Crippen molar-refractivity contribution < 1.29 is 19.4 Å². The van der Waals surface area contributed by atoms with Crippen molar-refractivity contribution in [2.75, 3.05) is 46.3 Å². The molecule has 8 atom stereocenters. The Balaban J connectivity index is 1.18. The third-order valence-electron chi connectivity index (χ3n) is 10.3. The van der Waals surface area contributed by atoms with Crippen molar-refractivity contribution in [3.63, 3.8) is 0 Å². The van der Waals surface area contributed by atoms with Crippen LogP contribution in [0.5, 0.6) is 0 Å². The molecular weight excluding hydrogens is 456 g/mol. The van der Waals surface area contributed by atoms with E-state index in [1.807, 2.05) is 0 Å². The van der Waals surface area contributed by atoms with Gasteiger partial charge >= 0.3 is 5.97 Å². The molecule has 3 heterocycles. The van der Waals surface area contributed by atoms with Crippen LogP contribution in [0.1, 0.15) is 57.8 Å². The van der Waals surface area contributed by atoms with Crippen molar-refractivity contribution in [1.29, 1.82) is 0 Å². The summed E-state index contributed by atoms with van der Waals surface area (Å²) in [6.45, 7) is 6.67. The van der Waals surface area contributed by atoms with E-state index in [4.69, 9.17) is 4.74 Å². The number of Topliss-reactive ketones (excluding diaryl/α,β-unsaturated/α-hetero) is 1. The molecule has 6 aliphatic rings. The van der Waals surface area contributed by atoms with E-state index in [1.54, 1.807) is 6.20 Å². The Bertz CT molecular complexity index is 872. The highest BCUT2D eigenvalue weighted by molar-refractivity contribution is 6.18. The van der Waals surface area contributed by atoms with Crippen LogP contribution in [0.2, 0.25) is 0 Å². The number of morpholine rings is 1. The summed E-state index contributed by atoms with van der Waals surface area (Å²) in [5.41, 5.74) is -0.00725. The summed E-state index contributed by atoms with van der Waals surface area (Å²) in [5.74, 6) is -0.251. The fourth-order valence-corrected chi connectivity index (χ4v) is 8.46. The highest BCUT2D eigenvalue weighted by atomic mass is 16.5. The number of ketones is 1. The fraction of sp³-hybridized carbons (Fsp3) is 0.857. The van der Waals surface area contributed by atoms with E-state index in [0.29, 0.717) is 11.8 Å². The van der Waals surface area contributed by atoms with Crippen molar-refractivity contribution in [2.24, 2.45) is 17.8 Å². The number of ether oxygens (including phenoxy) is 1. The van der Waals surface area contributed by atoms with E-state index in [-0.39, 0.29) is 47.6 Å². The number of nitrogens with zero attached hydrogens (tertiary/aromatic N) is 3. The zero-order valence-corrected chi connectivity index (χ0v) is 21.8. The average molecular weight is 501 g/mol. The quantitative estimate of drug-likeness (QED) is 0.423. The maximum Gasteiger partial charge on any atom is 0.340 e. The van der Waals surface area contributed by atoms with Crippen LogP contribution in [0, 0.1) is 17.8 Å². The van der Waals surface area contributed by atoms with Gasteiger partial charge in [0.05, 0.1) is 24.3 Å². The third kappa shape index (κ3) is 4.52. The lowest BCUT2D eigenvalue weighted by Crippen LogP contribution is -2.72. The monoisotopic (exact) mass is 500 g/mol. The van der Waals surface area contributed by atoms with Gasteiger partial charge in [-0.2, -0.15) is 0 Å². The SMILES string of the molecule is CN1CCN(CCCNC2CCC3C(=O)C(C(=O)O)=CN4C5C(CCC6CCCCC65)OC2C34)CC1. The molecule has 6 rings (SSSR count). The lowest BCUT2D eigenvalue weighted by atomic mass is 9.63. The fourth-order valence-electron chi connectivity index (χ4n) is 8.46. The Labute approximate surface area is 215 Å². The van der Waals surface area contributed by atoms with E-state index < -0.39 is 5.97 Å². The number of rotatable bonds is 6. The van der Waals surface area contributed by atoms with Gasteiger partial charge in [0.15, 0.2) is 5.78 Å². The van der Waals surface area contributed by atoms with Crippen LogP contribution in [0.25, 0.3) is 0 Å². The Morgan fingerprint density at radius 3 is 2.67 bits per heavy atom. The lowest BCUT2D eigenvalue weighted by Gasteiger charge is -2.61. The van der Waals surface area contributed by atoms with E-state index in [0.717, 1.165) is 65.0 Å². The zero-order chi connectivity index (χ0) is 24.8. The Hall–Kier alpha value is -1.48. The number of carboxylic acids is 1. The van der Waals surface area contributed by atoms with Crippen LogP contribution < -0.4 is 5.32 Å². The average Bonchev–Trinajstić information content (AvgIpc) is 2.89. The number of hydrogen-bond donors (Lipinski definition) is 2. The summed E-state index contributed by atoms with van der Waals surface area (Å²) in [6.07, 6.45) is 11.9. The molecule has 8 heteroatoms. The first-order valence-electron chi connectivity index (χ1n) is 14.6. The van der Waals surface area contributed by atoms with Gasteiger partial charge in [0.2, 0.25) is 0 Å². The zero-order valence-electron chi connectivity index (χ0n) is 21.8. The van der Waals surface area contributed by atoms with Crippen LogP contribution in [0.4, 0.5) is 0 Å². The second kappa shape index (κ2) is 10.4. The first-order chi connectivity index (χ1) is 17.5. The minimum absolute atomic E-state index is 0.00725. The number of fused-ring (bicyclic) bond motifs is 4. The number of aliphatic carboxylic acids is 1. The van der Waals surface area contributed by atoms with Crippen LogP contribution in [0.15, 0.2) is 11.8 Å². The van der Waals surface area contributed by atoms with Crippen LogP contribution in [0.3, 0.4) is 0 Å². The summed E-state index contributed by atoms with van der Waals surface area (Å²) in [7, 11) is 2.19. The summed E-state index contributed by atoms with van der Waals surface area (Å²) in [6, 6.07) is 0.400. The van der Waals surface area contributed by atoms with E-state index in [1.165, 1.54) is 32.1 Å². The highest BCUT2D eigenvalue weighted by Crippen LogP contribution is 2.50. The molecular formula is C28H44N4O4. The van der Waals surface area contributed by atoms with Gasteiger partial charge in [0.1, 0.15) is 5.57 Å². The van der Waals surface area contributed by atoms with Gasteiger partial charge in [-0.05, 0) is 70.5 Å². The van der Waals surface area contributed by atoms with Crippen molar-refractivity contribution in [2.45, 2.75) is 88.1 Å². The topological polar surface area (TPSA) is 85.3 Å². The number of hydrogen-bond acceptors (Lipinski definition) is 7. The first-order valence-corrected chi connectivity index (χ1v) is 14.6. The highest BCUT2D eigenvalue weighted by Gasteiger charge is 2.58. The van der Waals surface area contributed by atoms with Crippen LogP contribution in [-0.2, 0) is 14.3 Å². The molecule has 3 aliphatic heterocycles. The maximum atomic E-state index is 13.3. The number of carboxylic acid groups (broad SMARTS) is 1. The van der Waals surface area contributed by atoms with Crippen molar-refractivity contribution in [3.8, 4) is 0 Å². The molecule has 0 amide bonds. The van der Waals surface area contributed by atoms with Crippen LogP contribution >= 0.6 is 0 Å². The molecule has 3 saturated carbocycles. The molecule has 36 heavy (non-hydrogen) atoms. The molecule has 0 aromatic heterocycles. The Morgan fingerprint density at radius 1 is 1.06 bits per heavy atom. The van der Waals surface area contributed by atoms with Gasteiger partial charge in [0, 0.05) is 44.3 Å². The lowest BCUT2D eigenvalue weighted by molar-refractivity contribution is -0.207. The summed E-state index contributed by atoms with van der Waals surface area (Å²) in [4.78, 5) is 32.6. The van der Waals surface area contributed by atoms with Crippen molar-refractivity contribution >= 4 is 11.8 Å². The maximum absolute atomic E-state index is 13.3. The van der Waals surface area contributed by atoms with Crippen LogP contribution in [-0.4, -0.2) is 108 Å². The van der Waals surface area contributed by atoms with Crippen molar-refractivity contribution in [1.82, 2.24) is 20.0 Å². The molecule has 200 valence electrons. The molecule has 3 aliphatic carbocycles. The van der Waals surface area contributed by atoms with E-state index >= 15 is 0 Å². The largest absolute Gasteiger partial charge is 0.478 e. The van der Waals surface area contributed by atoms with E-state index in [2.05, 4.69) is 27.1 Å². The normalized spacial score (nSPS) is 41.2. The second-order valence-electron chi connectivity index (χ2n) is 12.3. The number of carbonyl (C=O) groups is 2. The summed E-state index contributed by atoms with van der Waals surface area (Å²) >= 11 is 0. The molecule has 0 spiro atoms. The van der Waals surface area contributed by atoms with E-state index in [9.17, 15) is 14.7 Å². The molecule has 2 saturated heterocycles. The number of likely N-dealkylation sites (N-methyl/N-ethyl adjacent to an activating group) is 1. The summed E-state index contributed by atoms with van der Waals surface area (Å²) < 4.78 is 6.95. The van der Waals surface area contributed by atoms with Crippen molar-refractivity contribution in [3.05, 3.63) is 11.8 Å². The molecule has 0 bridgehead atoms. The molecule has 8 unspecified atom stereocenters. The minimum Gasteiger partial charge on any atom is -0.478 e. The Kier molecular flexibility index (Phi) is 7.14.